The summed E-state index contributed by atoms with van der Waals surface area (Å²) in [5, 5.41) is 0.331. The van der Waals surface area contributed by atoms with Crippen LogP contribution in [0.5, 0.6) is 0 Å². The Morgan fingerprint density at radius 3 is 2.59 bits per heavy atom. The topological polar surface area (TPSA) is 22.0 Å². The highest BCUT2D eigenvalue weighted by Gasteiger charge is 2.08. The predicted octanol–water partition coefficient (Wildman–Crippen LogP) is 5.08. The van der Waals surface area contributed by atoms with Gasteiger partial charge in [-0.05, 0) is 42.2 Å². The van der Waals surface area contributed by atoms with Crippen LogP contribution in [-0.4, -0.2) is 4.57 Å². The number of aryl methyl sites for hydroxylation is 1. The van der Waals surface area contributed by atoms with Gasteiger partial charge in [0, 0.05) is 17.3 Å². The average molecular weight is 342 g/mol. The Morgan fingerprint density at radius 2 is 1.91 bits per heavy atom. The van der Waals surface area contributed by atoms with Crippen LogP contribution in [0.2, 0.25) is 10.0 Å². The SMILES string of the molecule is CCCCCc1ccn(Cc2cc(F)c(Cl)cc2Cl)c(=O)c1. The minimum absolute atomic E-state index is 0.0210. The number of hydrogen-bond acceptors (Lipinski definition) is 1. The number of nitrogens with zero attached hydrogens (tertiary/aromatic N) is 1. The number of pyridine rings is 1. The van der Waals surface area contributed by atoms with E-state index in [1.165, 1.54) is 16.7 Å². The molecule has 0 radical (unpaired) electrons. The van der Waals surface area contributed by atoms with Crippen molar-refractivity contribution >= 4 is 23.2 Å². The van der Waals surface area contributed by atoms with Crippen molar-refractivity contribution in [2.45, 2.75) is 39.2 Å². The van der Waals surface area contributed by atoms with Crippen molar-refractivity contribution < 1.29 is 4.39 Å². The highest BCUT2D eigenvalue weighted by Crippen LogP contribution is 2.24. The molecule has 118 valence electrons. The number of rotatable bonds is 6. The van der Waals surface area contributed by atoms with Crippen LogP contribution < -0.4 is 5.56 Å². The summed E-state index contributed by atoms with van der Waals surface area (Å²) in [4.78, 5) is 12.1. The van der Waals surface area contributed by atoms with Crippen LogP contribution in [0.1, 0.15) is 37.3 Å². The Balaban J connectivity index is 2.17. The molecule has 0 aliphatic rings. The molecule has 2 nitrogen and oxygen atoms in total. The Morgan fingerprint density at radius 1 is 1.14 bits per heavy atom. The fourth-order valence-electron chi connectivity index (χ4n) is 2.28. The first-order chi connectivity index (χ1) is 10.5. The van der Waals surface area contributed by atoms with Gasteiger partial charge in [-0.25, -0.2) is 4.39 Å². The van der Waals surface area contributed by atoms with Crippen molar-refractivity contribution in [1.29, 1.82) is 0 Å². The lowest BCUT2D eigenvalue weighted by Crippen LogP contribution is -2.20. The highest BCUT2D eigenvalue weighted by atomic mass is 35.5. The average Bonchev–Trinajstić information content (AvgIpc) is 2.47. The minimum Gasteiger partial charge on any atom is -0.311 e. The third-order valence-electron chi connectivity index (χ3n) is 3.56. The monoisotopic (exact) mass is 341 g/mol. The quantitative estimate of drug-likeness (QED) is 0.530. The fraction of sp³-hybridized carbons (Fsp3) is 0.353. The van der Waals surface area contributed by atoms with E-state index in [0.717, 1.165) is 31.2 Å². The molecule has 0 unspecified atom stereocenters. The molecule has 2 rings (SSSR count). The molecule has 0 saturated carbocycles. The molecule has 0 aliphatic carbocycles. The van der Waals surface area contributed by atoms with E-state index in [2.05, 4.69) is 6.92 Å². The maximum Gasteiger partial charge on any atom is 0.251 e. The van der Waals surface area contributed by atoms with E-state index in [9.17, 15) is 9.18 Å². The van der Waals surface area contributed by atoms with E-state index in [4.69, 9.17) is 23.2 Å². The van der Waals surface area contributed by atoms with Crippen molar-refractivity contribution in [2.24, 2.45) is 0 Å². The summed E-state index contributed by atoms with van der Waals surface area (Å²) in [7, 11) is 0. The van der Waals surface area contributed by atoms with Crippen LogP contribution >= 0.6 is 23.2 Å². The smallest absolute Gasteiger partial charge is 0.251 e. The summed E-state index contributed by atoms with van der Waals surface area (Å²) in [5.74, 6) is -0.537. The van der Waals surface area contributed by atoms with Gasteiger partial charge < -0.3 is 4.57 Å². The third kappa shape index (κ3) is 4.34. The lowest BCUT2D eigenvalue weighted by atomic mass is 10.1. The molecular formula is C17H18Cl2FNO. The number of benzene rings is 1. The highest BCUT2D eigenvalue weighted by molar-refractivity contribution is 6.35. The molecule has 0 bridgehead atoms. The summed E-state index contributed by atoms with van der Waals surface area (Å²) < 4.78 is 15.0. The van der Waals surface area contributed by atoms with E-state index < -0.39 is 5.82 Å². The maximum atomic E-state index is 13.5. The van der Waals surface area contributed by atoms with Gasteiger partial charge in [0.05, 0.1) is 11.6 Å². The Kier molecular flexibility index (Phi) is 6.04. The zero-order valence-electron chi connectivity index (χ0n) is 12.4. The molecule has 0 spiro atoms. The summed E-state index contributed by atoms with van der Waals surface area (Å²) >= 11 is 11.7. The largest absolute Gasteiger partial charge is 0.311 e. The van der Waals surface area contributed by atoms with Crippen molar-refractivity contribution in [2.75, 3.05) is 0 Å². The lowest BCUT2D eigenvalue weighted by Gasteiger charge is -2.09. The molecule has 1 heterocycles. The van der Waals surface area contributed by atoms with Crippen LogP contribution in [0.4, 0.5) is 4.39 Å². The van der Waals surface area contributed by atoms with Crippen molar-refractivity contribution in [3.63, 3.8) is 0 Å². The fourth-order valence-corrected chi connectivity index (χ4v) is 2.73. The summed E-state index contributed by atoms with van der Waals surface area (Å²) in [6.45, 7) is 2.37. The van der Waals surface area contributed by atoms with Crippen LogP contribution in [0.25, 0.3) is 0 Å². The van der Waals surface area contributed by atoms with E-state index in [-0.39, 0.29) is 17.1 Å². The molecule has 22 heavy (non-hydrogen) atoms. The van der Waals surface area contributed by atoms with Gasteiger partial charge in [0.25, 0.3) is 5.56 Å². The predicted molar refractivity (Wildman–Crippen MR) is 89.5 cm³/mol. The van der Waals surface area contributed by atoms with Gasteiger partial charge in [-0.3, -0.25) is 4.79 Å². The van der Waals surface area contributed by atoms with Crippen LogP contribution in [0, 0.1) is 5.82 Å². The molecule has 1 aromatic carbocycles. The molecule has 0 amide bonds. The molecule has 5 heteroatoms. The van der Waals surface area contributed by atoms with Gasteiger partial charge in [0.1, 0.15) is 5.82 Å². The lowest BCUT2D eigenvalue weighted by molar-refractivity contribution is 0.623. The first kappa shape index (κ1) is 17.0. The second-order valence-electron chi connectivity index (χ2n) is 5.32. The number of unbranched alkanes of at least 4 members (excludes halogenated alkanes) is 2. The van der Waals surface area contributed by atoms with Gasteiger partial charge in [0.15, 0.2) is 0 Å². The zero-order valence-corrected chi connectivity index (χ0v) is 13.9. The van der Waals surface area contributed by atoms with Crippen LogP contribution in [0.15, 0.2) is 35.3 Å². The maximum absolute atomic E-state index is 13.5. The van der Waals surface area contributed by atoms with E-state index in [0.29, 0.717) is 10.6 Å². The second kappa shape index (κ2) is 7.80. The van der Waals surface area contributed by atoms with Crippen LogP contribution in [-0.2, 0) is 13.0 Å². The second-order valence-corrected chi connectivity index (χ2v) is 6.13. The van der Waals surface area contributed by atoms with Crippen molar-refractivity contribution in [1.82, 2.24) is 4.57 Å². The molecule has 1 aromatic heterocycles. The Labute approximate surface area is 139 Å². The third-order valence-corrected chi connectivity index (χ3v) is 4.20. The number of aromatic nitrogens is 1. The van der Waals surface area contributed by atoms with E-state index in [1.54, 1.807) is 12.3 Å². The van der Waals surface area contributed by atoms with Gasteiger partial charge in [-0.1, -0.05) is 43.0 Å². The Bertz CT molecular complexity index is 712. The summed E-state index contributed by atoms with van der Waals surface area (Å²) in [6.07, 6.45) is 6.02. The van der Waals surface area contributed by atoms with Gasteiger partial charge in [-0.2, -0.15) is 0 Å². The molecule has 0 aliphatic heterocycles. The first-order valence-electron chi connectivity index (χ1n) is 7.34. The molecule has 0 saturated heterocycles. The van der Waals surface area contributed by atoms with E-state index in [1.807, 2.05) is 6.07 Å². The minimum atomic E-state index is -0.537. The zero-order chi connectivity index (χ0) is 16.1. The molecular weight excluding hydrogens is 324 g/mol. The van der Waals surface area contributed by atoms with E-state index >= 15 is 0 Å². The number of hydrogen-bond donors (Lipinski definition) is 0. The van der Waals surface area contributed by atoms with Crippen molar-refractivity contribution in [3.8, 4) is 0 Å². The first-order valence-corrected chi connectivity index (χ1v) is 8.09. The van der Waals surface area contributed by atoms with Gasteiger partial charge in [-0.15, -0.1) is 0 Å². The van der Waals surface area contributed by atoms with Gasteiger partial charge >= 0.3 is 0 Å². The molecule has 2 aromatic rings. The summed E-state index contributed by atoms with van der Waals surface area (Å²) in [5.41, 5.74) is 1.45. The molecule has 0 fully saturated rings. The standard InChI is InChI=1S/C17H18Cl2FNO/c1-2-3-4-5-12-6-7-21(17(22)8-12)11-13-9-16(20)15(19)10-14(13)18/h6-10H,2-5,11H2,1H3. The molecule has 0 atom stereocenters. The van der Waals surface area contributed by atoms with Crippen LogP contribution in [0.3, 0.4) is 0 Å². The normalized spacial score (nSPS) is 10.9. The Hall–Kier alpha value is -1.32. The molecule has 0 N–H and O–H groups in total. The van der Waals surface area contributed by atoms with Crippen molar-refractivity contribution in [3.05, 3.63) is 67.8 Å². The van der Waals surface area contributed by atoms with Gasteiger partial charge in [0.2, 0.25) is 0 Å². The summed E-state index contributed by atoms with van der Waals surface area (Å²) in [6, 6.07) is 6.19. The number of halogens is 3.